The van der Waals surface area contributed by atoms with Gasteiger partial charge in [-0.3, -0.25) is 4.79 Å². The number of hydrogen-bond acceptors (Lipinski definition) is 4. The van der Waals surface area contributed by atoms with Crippen molar-refractivity contribution in [3.8, 4) is 5.75 Å². The molecule has 166 valence electrons. The molecule has 0 aliphatic heterocycles. The minimum atomic E-state index is -7.83. The van der Waals surface area contributed by atoms with Crippen molar-refractivity contribution >= 4 is 16.4 Å². The van der Waals surface area contributed by atoms with Gasteiger partial charge in [0.05, 0.1) is 0 Å². The lowest BCUT2D eigenvalue weighted by Gasteiger charge is -2.32. The van der Waals surface area contributed by atoms with E-state index in [-0.39, 0.29) is 0 Å². The van der Waals surface area contributed by atoms with E-state index in [0.717, 1.165) is 0 Å². The Labute approximate surface area is 150 Å². The van der Waals surface area contributed by atoms with Crippen molar-refractivity contribution in [3.05, 3.63) is 28.8 Å². The molecule has 1 rings (SSSR count). The summed E-state index contributed by atoms with van der Waals surface area (Å²) in [4.78, 5) is 10.5. The lowest BCUT2D eigenvalue weighted by Crippen LogP contribution is -2.63. The highest BCUT2D eigenvalue weighted by molar-refractivity contribution is 7.88. The molecule has 0 amide bonds. The number of rotatable bonds is 6. The molecule has 0 aliphatic carbocycles. The zero-order valence-electron chi connectivity index (χ0n) is 12.5. The highest BCUT2D eigenvalue weighted by atomic mass is 32.2. The molecule has 0 unspecified atom stereocenters. The molecule has 0 saturated heterocycles. The van der Waals surface area contributed by atoms with Gasteiger partial charge in [0, 0.05) is 0 Å². The van der Waals surface area contributed by atoms with Gasteiger partial charge < -0.3 is 4.18 Å². The quantitative estimate of drug-likeness (QED) is 0.203. The van der Waals surface area contributed by atoms with Gasteiger partial charge in [0.2, 0.25) is 11.6 Å². The van der Waals surface area contributed by atoms with E-state index in [9.17, 15) is 70.3 Å². The second-order valence-electron chi connectivity index (χ2n) is 4.82. The van der Waals surface area contributed by atoms with Gasteiger partial charge in [-0.15, -0.1) is 0 Å². The summed E-state index contributed by atoms with van der Waals surface area (Å²) >= 11 is 0. The first-order chi connectivity index (χ1) is 12.7. The van der Waals surface area contributed by atoms with E-state index in [4.69, 9.17) is 0 Å². The molecule has 0 spiro atoms. The zero-order valence-corrected chi connectivity index (χ0v) is 13.3. The summed E-state index contributed by atoms with van der Waals surface area (Å²) in [5, 5.41) is -7.52. The van der Waals surface area contributed by atoms with Crippen LogP contribution in [0.2, 0.25) is 0 Å². The monoisotopic (exact) mass is 476 g/mol. The topological polar surface area (TPSA) is 60.4 Å². The Kier molecular flexibility index (Phi) is 5.90. The van der Waals surface area contributed by atoms with Gasteiger partial charge in [0.15, 0.2) is 23.7 Å². The first kappa shape index (κ1) is 24.8. The van der Waals surface area contributed by atoms with Crippen LogP contribution in [0.5, 0.6) is 5.75 Å². The van der Waals surface area contributed by atoms with Crippen molar-refractivity contribution in [3.63, 3.8) is 0 Å². The second kappa shape index (κ2) is 6.91. The molecule has 0 N–H and O–H groups in total. The predicted molar refractivity (Wildman–Crippen MR) is 62.1 cm³/mol. The summed E-state index contributed by atoms with van der Waals surface area (Å²) in [5.74, 6) is -30.1. The highest BCUT2D eigenvalue weighted by Gasteiger charge is 2.86. The fourth-order valence-electron chi connectivity index (χ4n) is 1.50. The molecule has 1 aromatic rings. The summed E-state index contributed by atoms with van der Waals surface area (Å²) in [7, 11) is -7.83. The molecule has 18 heteroatoms. The molecule has 0 aromatic heterocycles. The smallest absolute Gasteiger partial charge is 0.374 e. The molecule has 0 atom stereocenters. The lowest BCUT2D eigenvalue weighted by molar-refractivity contribution is -0.382. The summed E-state index contributed by atoms with van der Waals surface area (Å²) in [5.41, 5.74) is -2.34. The maximum absolute atomic E-state index is 13.4. The summed E-state index contributed by atoms with van der Waals surface area (Å²) in [6, 6.07) is 0. The van der Waals surface area contributed by atoms with E-state index < -0.39 is 74.3 Å². The van der Waals surface area contributed by atoms with Crippen LogP contribution < -0.4 is 4.18 Å². The Morgan fingerprint density at radius 2 is 1.10 bits per heavy atom. The third-order valence-corrected chi connectivity index (χ3v) is 4.27. The Hall–Kier alpha value is -2.27. The third kappa shape index (κ3) is 3.46. The molecule has 0 aliphatic rings. The van der Waals surface area contributed by atoms with Crippen LogP contribution in [0.1, 0.15) is 10.4 Å². The fraction of sp³-hybridized carbons (Fsp3) is 0.364. The SMILES string of the molecule is O=Cc1c(F)c(F)c(F)c(F)c1OS(=O)(=O)C(F)(F)C(F)(F)C(F)(F)C(F)(F)F. The van der Waals surface area contributed by atoms with Gasteiger partial charge in [-0.05, 0) is 0 Å². The molecule has 0 fully saturated rings. The number of halogens is 13. The largest absolute Gasteiger partial charge is 0.460 e. The molecule has 0 radical (unpaired) electrons. The highest BCUT2D eigenvalue weighted by Crippen LogP contribution is 2.55. The van der Waals surface area contributed by atoms with Crippen LogP contribution in [0.4, 0.5) is 57.1 Å². The minimum absolute atomic E-state index is 1.09. The maximum Gasteiger partial charge on any atom is 0.460 e. The fourth-order valence-corrected chi connectivity index (χ4v) is 2.42. The number of benzene rings is 1. The average Bonchev–Trinajstić information content (AvgIpc) is 2.56. The number of carbonyl (C=O) groups is 1. The van der Waals surface area contributed by atoms with Crippen LogP contribution >= 0.6 is 0 Å². The van der Waals surface area contributed by atoms with E-state index in [1.165, 1.54) is 0 Å². The van der Waals surface area contributed by atoms with Crippen LogP contribution in [0.3, 0.4) is 0 Å². The number of alkyl halides is 9. The van der Waals surface area contributed by atoms with Gasteiger partial charge in [-0.25, -0.2) is 13.2 Å². The molecular weight excluding hydrogens is 475 g/mol. The van der Waals surface area contributed by atoms with Crippen molar-refractivity contribution in [1.29, 1.82) is 0 Å². The first-order valence-electron chi connectivity index (χ1n) is 6.14. The average molecular weight is 476 g/mol. The summed E-state index contributed by atoms with van der Waals surface area (Å²) in [6.07, 6.45) is -8.53. The number of aldehydes is 1. The Morgan fingerprint density at radius 1 is 0.690 bits per heavy atom. The van der Waals surface area contributed by atoms with E-state index >= 15 is 0 Å². The van der Waals surface area contributed by atoms with E-state index in [2.05, 4.69) is 4.18 Å². The minimum Gasteiger partial charge on any atom is -0.374 e. The van der Waals surface area contributed by atoms with Crippen molar-refractivity contribution < 1.29 is 74.5 Å². The first-order valence-corrected chi connectivity index (χ1v) is 7.55. The van der Waals surface area contributed by atoms with E-state index in [1.54, 1.807) is 0 Å². The number of hydrogen-bond donors (Lipinski definition) is 0. The van der Waals surface area contributed by atoms with E-state index in [1.807, 2.05) is 0 Å². The molecule has 4 nitrogen and oxygen atoms in total. The number of carbonyl (C=O) groups excluding carboxylic acids is 1. The standard InChI is InChI=1S/C11HF13O4S/c12-3-2(1-25)7(6(15)5(14)4(3)13)28-29(26,27)11(23,24)9(18,19)8(16,17)10(20,21)22/h1H. The Balaban J connectivity index is 3.69. The second-order valence-corrected chi connectivity index (χ2v) is 6.41. The predicted octanol–water partition coefficient (Wildman–Crippen LogP) is 4.19. The summed E-state index contributed by atoms with van der Waals surface area (Å²) < 4.78 is 192. The maximum atomic E-state index is 13.4. The van der Waals surface area contributed by atoms with Crippen LogP contribution in [-0.4, -0.2) is 38.0 Å². The normalized spacial score (nSPS) is 14.1. The van der Waals surface area contributed by atoms with Crippen LogP contribution in [-0.2, 0) is 10.1 Å². The van der Waals surface area contributed by atoms with Crippen LogP contribution in [0.25, 0.3) is 0 Å². The molecular formula is C11HF13O4S. The van der Waals surface area contributed by atoms with Crippen molar-refractivity contribution in [2.24, 2.45) is 0 Å². The molecule has 1 aromatic carbocycles. The van der Waals surface area contributed by atoms with Gasteiger partial charge in [-0.2, -0.15) is 52.3 Å². The summed E-state index contributed by atoms with van der Waals surface area (Å²) in [6.45, 7) is 0. The van der Waals surface area contributed by atoms with Gasteiger partial charge >= 0.3 is 33.4 Å². The van der Waals surface area contributed by atoms with Crippen LogP contribution in [0, 0.1) is 23.3 Å². The van der Waals surface area contributed by atoms with E-state index in [0.29, 0.717) is 0 Å². The van der Waals surface area contributed by atoms with Crippen LogP contribution in [0.15, 0.2) is 0 Å². The molecule has 0 saturated carbocycles. The van der Waals surface area contributed by atoms with Gasteiger partial charge in [-0.1, -0.05) is 0 Å². The molecule has 0 bridgehead atoms. The van der Waals surface area contributed by atoms with Gasteiger partial charge in [0.1, 0.15) is 5.56 Å². The Morgan fingerprint density at radius 3 is 1.48 bits per heavy atom. The third-order valence-electron chi connectivity index (χ3n) is 3.00. The molecule has 29 heavy (non-hydrogen) atoms. The van der Waals surface area contributed by atoms with Crippen molar-refractivity contribution in [2.75, 3.05) is 0 Å². The Bertz CT molecular complexity index is 935. The zero-order chi connectivity index (χ0) is 23.4. The molecule has 0 heterocycles. The van der Waals surface area contributed by atoms with Crippen molar-refractivity contribution in [1.82, 2.24) is 0 Å². The van der Waals surface area contributed by atoms with Crippen molar-refractivity contribution in [2.45, 2.75) is 23.3 Å². The lowest BCUT2D eigenvalue weighted by atomic mass is 10.1. The van der Waals surface area contributed by atoms with Gasteiger partial charge in [0.25, 0.3) is 0 Å².